The molecule has 1 aromatic carbocycles. The zero-order valence-corrected chi connectivity index (χ0v) is 13.4. The van der Waals surface area contributed by atoms with Crippen LogP contribution in [0, 0.1) is 0 Å². The monoisotopic (exact) mass is 339 g/mol. The number of carboxylic acid groups (broad SMARTS) is 1. The molecule has 0 bridgehead atoms. The van der Waals surface area contributed by atoms with Crippen LogP contribution in [0.1, 0.15) is 17.3 Å². The van der Waals surface area contributed by atoms with Crippen LogP contribution >= 0.6 is 0 Å². The Bertz CT molecular complexity index is 800. The van der Waals surface area contributed by atoms with Gasteiger partial charge in [-0.2, -0.15) is 9.82 Å². The van der Waals surface area contributed by atoms with Crippen LogP contribution in [0.25, 0.3) is 0 Å². The summed E-state index contributed by atoms with van der Waals surface area (Å²) in [5.41, 5.74) is 0.734. The third-order valence-corrected chi connectivity index (χ3v) is 4.50. The van der Waals surface area contributed by atoms with Crippen molar-refractivity contribution in [2.24, 2.45) is 7.05 Å². The minimum Gasteiger partial charge on any atom is -0.497 e. The maximum Gasteiger partial charge on any atom is 0.327 e. The largest absolute Gasteiger partial charge is 0.497 e. The highest BCUT2D eigenvalue weighted by Gasteiger charge is 2.28. The maximum absolute atomic E-state index is 12.3. The Balaban J connectivity index is 2.21. The van der Waals surface area contributed by atoms with Gasteiger partial charge in [-0.1, -0.05) is 12.1 Å². The van der Waals surface area contributed by atoms with Crippen molar-refractivity contribution in [1.29, 1.82) is 0 Å². The number of aliphatic carboxylic acids is 1. The van der Waals surface area contributed by atoms with Gasteiger partial charge in [-0.25, -0.2) is 8.42 Å². The number of aryl methyl sites for hydroxylation is 1. The van der Waals surface area contributed by atoms with E-state index in [-0.39, 0.29) is 11.4 Å². The van der Waals surface area contributed by atoms with Gasteiger partial charge in [0.25, 0.3) is 0 Å². The minimum atomic E-state index is -3.87. The summed E-state index contributed by atoms with van der Waals surface area (Å²) in [5.74, 6) is -1.13. The number of carbonyl (C=O) groups is 1. The van der Waals surface area contributed by atoms with Gasteiger partial charge in [0, 0.05) is 13.2 Å². The number of carboxylic acids is 1. The van der Waals surface area contributed by atoms with Crippen LogP contribution in [-0.4, -0.2) is 36.4 Å². The van der Waals surface area contributed by atoms with Crippen LogP contribution < -0.4 is 9.46 Å². The van der Waals surface area contributed by atoms with Crippen molar-refractivity contribution in [3.8, 4) is 5.75 Å². The molecule has 0 saturated carbocycles. The number of hydrogen-bond acceptors (Lipinski definition) is 5. The van der Waals surface area contributed by atoms with Gasteiger partial charge in [0.2, 0.25) is 10.0 Å². The number of nitrogens with zero attached hydrogens (tertiary/aromatic N) is 2. The number of ether oxygens (including phenoxy) is 1. The van der Waals surface area contributed by atoms with Crippen molar-refractivity contribution in [2.75, 3.05) is 7.11 Å². The van der Waals surface area contributed by atoms with Gasteiger partial charge in [0.15, 0.2) is 6.04 Å². The van der Waals surface area contributed by atoms with Crippen molar-refractivity contribution in [3.63, 3.8) is 0 Å². The van der Waals surface area contributed by atoms with Crippen LogP contribution in [0.5, 0.6) is 5.75 Å². The van der Waals surface area contributed by atoms with E-state index in [0.29, 0.717) is 11.3 Å². The minimum absolute atomic E-state index is 0.242. The van der Waals surface area contributed by atoms with E-state index < -0.39 is 22.0 Å². The summed E-state index contributed by atoms with van der Waals surface area (Å²) in [6, 6.07) is 6.62. The van der Waals surface area contributed by atoms with Gasteiger partial charge >= 0.3 is 5.97 Å². The van der Waals surface area contributed by atoms with Crippen molar-refractivity contribution in [2.45, 2.75) is 11.8 Å². The lowest BCUT2D eigenvalue weighted by Gasteiger charge is -2.15. The van der Waals surface area contributed by atoms with E-state index in [0.717, 1.165) is 0 Å². The number of nitrogens with one attached hydrogen (secondary N) is 1. The molecule has 9 heteroatoms. The zero-order valence-electron chi connectivity index (χ0n) is 12.6. The fourth-order valence-corrected chi connectivity index (χ4v) is 3.39. The molecule has 0 aliphatic carbocycles. The second kappa shape index (κ2) is 6.80. The molecule has 2 rings (SSSR count). The molecule has 23 heavy (non-hydrogen) atoms. The van der Waals surface area contributed by atoms with Crippen LogP contribution in [0.2, 0.25) is 0 Å². The standard InChI is InChI=1S/C14H17N3O5S/c1-17-12(6-7-15-17)13(14(18)19)16-23(20,21)9-10-4-3-5-11(8-10)22-2/h3-8,13,16H,9H2,1-2H3,(H,18,19). The number of aromatic nitrogens is 2. The topological polar surface area (TPSA) is 111 Å². The van der Waals surface area contributed by atoms with E-state index in [4.69, 9.17) is 4.74 Å². The summed E-state index contributed by atoms with van der Waals surface area (Å²) >= 11 is 0. The summed E-state index contributed by atoms with van der Waals surface area (Å²) in [4.78, 5) is 11.4. The predicted octanol–water partition coefficient (Wildman–Crippen LogP) is 0.674. The van der Waals surface area contributed by atoms with Crippen molar-refractivity contribution >= 4 is 16.0 Å². The van der Waals surface area contributed by atoms with Crippen LogP contribution in [-0.2, 0) is 27.6 Å². The van der Waals surface area contributed by atoms with Crippen molar-refractivity contribution in [1.82, 2.24) is 14.5 Å². The highest BCUT2D eigenvalue weighted by molar-refractivity contribution is 7.88. The van der Waals surface area contributed by atoms with E-state index in [9.17, 15) is 18.3 Å². The molecule has 1 heterocycles. The lowest BCUT2D eigenvalue weighted by molar-refractivity contribution is -0.139. The van der Waals surface area contributed by atoms with Crippen molar-refractivity contribution in [3.05, 3.63) is 47.8 Å². The first-order chi connectivity index (χ1) is 10.8. The van der Waals surface area contributed by atoms with Crippen LogP contribution in [0.15, 0.2) is 36.5 Å². The van der Waals surface area contributed by atoms with E-state index in [1.807, 2.05) is 0 Å². The molecule has 1 aromatic heterocycles. The van der Waals surface area contributed by atoms with Gasteiger partial charge in [-0.05, 0) is 23.8 Å². The fraction of sp³-hybridized carbons (Fsp3) is 0.286. The molecule has 1 atom stereocenters. The lowest BCUT2D eigenvalue weighted by Crippen LogP contribution is -2.35. The molecule has 1 unspecified atom stereocenters. The summed E-state index contributed by atoms with van der Waals surface area (Å²) in [6.45, 7) is 0. The highest BCUT2D eigenvalue weighted by atomic mass is 32.2. The average Bonchev–Trinajstić information content (AvgIpc) is 2.90. The first-order valence-electron chi connectivity index (χ1n) is 6.66. The molecule has 0 aliphatic heterocycles. The Labute approximate surface area is 133 Å². The SMILES string of the molecule is COc1cccc(CS(=O)(=O)NC(C(=O)O)c2ccnn2C)c1. The van der Waals surface area contributed by atoms with Gasteiger partial charge in [-0.15, -0.1) is 0 Å². The molecular weight excluding hydrogens is 322 g/mol. The van der Waals surface area contributed by atoms with Gasteiger partial charge in [0.1, 0.15) is 5.75 Å². The molecule has 0 amide bonds. The smallest absolute Gasteiger partial charge is 0.327 e. The molecule has 2 aromatic rings. The molecule has 0 aliphatic rings. The summed E-state index contributed by atoms with van der Waals surface area (Å²) in [7, 11) is -0.850. The summed E-state index contributed by atoms with van der Waals surface area (Å²) in [5, 5.41) is 13.2. The first kappa shape index (κ1) is 17.0. The van der Waals surface area contributed by atoms with E-state index >= 15 is 0 Å². The molecule has 0 spiro atoms. The van der Waals surface area contributed by atoms with Crippen LogP contribution in [0.3, 0.4) is 0 Å². The molecule has 0 saturated heterocycles. The normalized spacial score (nSPS) is 12.8. The quantitative estimate of drug-likeness (QED) is 0.767. The molecule has 8 nitrogen and oxygen atoms in total. The summed E-state index contributed by atoms with van der Waals surface area (Å²) in [6.07, 6.45) is 1.40. The molecule has 0 fully saturated rings. The number of sulfonamides is 1. The van der Waals surface area contributed by atoms with E-state index in [1.54, 1.807) is 31.3 Å². The third-order valence-electron chi connectivity index (χ3n) is 3.19. The highest BCUT2D eigenvalue weighted by Crippen LogP contribution is 2.17. The lowest BCUT2D eigenvalue weighted by atomic mass is 10.2. The Morgan fingerprint density at radius 1 is 1.43 bits per heavy atom. The number of rotatable bonds is 7. The van der Waals surface area contributed by atoms with Gasteiger partial charge in [0.05, 0.1) is 18.6 Å². The Kier molecular flexibility index (Phi) is 5.02. The number of methoxy groups -OCH3 is 1. The van der Waals surface area contributed by atoms with E-state index in [1.165, 1.54) is 24.1 Å². The second-order valence-electron chi connectivity index (χ2n) is 4.88. The Hall–Kier alpha value is -2.39. The number of benzene rings is 1. The number of hydrogen-bond donors (Lipinski definition) is 2. The second-order valence-corrected chi connectivity index (χ2v) is 6.63. The molecule has 0 radical (unpaired) electrons. The van der Waals surface area contributed by atoms with E-state index in [2.05, 4.69) is 9.82 Å². The van der Waals surface area contributed by atoms with Crippen molar-refractivity contribution < 1.29 is 23.1 Å². The molecule has 2 N–H and O–H groups in total. The Morgan fingerprint density at radius 3 is 2.74 bits per heavy atom. The molecule has 124 valence electrons. The van der Waals surface area contributed by atoms with Gasteiger partial charge < -0.3 is 9.84 Å². The van der Waals surface area contributed by atoms with Gasteiger partial charge in [-0.3, -0.25) is 9.48 Å². The first-order valence-corrected chi connectivity index (χ1v) is 8.31. The zero-order chi connectivity index (χ0) is 17.0. The fourth-order valence-electron chi connectivity index (χ4n) is 2.11. The average molecular weight is 339 g/mol. The predicted molar refractivity (Wildman–Crippen MR) is 82.3 cm³/mol. The van der Waals surface area contributed by atoms with Crippen LogP contribution in [0.4, 0.5) is 0 Å². The molecular formula is C14H17N3O5S. The maximum atomic E-state index is 12.3. The third kappa shape index (κ3) is 4.30. The Morgan fingerprint density at radius 2 is 2.17 bits per heavy atom. The summed E-state index contributed by atoms with van der Waals surface area (Å²) < 4.78 is 33.1.